The summed E-state index contributed by atoms with van der Waals surface area (Å²) in [7, 11) is 0. The first kappa shape index (κ1) is 18.7. The fourth-order valence-electron chi connectivity index (χ4n) is 3.35. The van der Waals surface area contributed by atoms with Crippen molar-refractivity contribution in [2.75, 3.05) is 5.32 Å². The Morgan fingerprint density at radius 3 is 2.41 bits per heavy atom. The summed E-state index contributed by atoms with van der Waals surface area (Å²) in [5, 5.41) is 3.38. The molecule has 1 amide bonds. The highest BCUT2D eigenvalue weighted by molar-refractivity contribution is 5.91. The summed E-state index contributed by atoms with van der Waals surface area (Å²) in [6, 6.07) is 20.5. The minimum atomic E-state index is -0.227. The van der Waals surface area contributed by atoms with Gasteiger partial charge in [-0.05, 0) is 47.9 Å². The highest BCUT2D eigenvalue weighted by Gasteiger charge is 2.17. The average molecular weight is 386 g/mol. The SMILES string of the molecule is CC(C)c1ccc(NC(=O)Cn2c3ncccc3c(=O)n2-c2ccccc2)cc1. The first-order valence-corrected chi connectivity index (χ1v) is 9.56. The minimum Gasteiger partial charge on any atom is -0.324 e. The highest BCUT2D eigenvalue weighted by Crippen LogP contribution is 2.18. The average Bonchev–Trinajstić information content (AvgIpc) is 3.01. The number of nitrogens with zero attached hydrogens (tertiary/aromatic N) is 3. The van der Waals surface area contributed by atoms with Crippen molar-refractivity contribution in [3.63, 3.8) is 0 Å². The van der Waals surface area contributed by atoms with Crippen LogP contribution in [0.15, 0.2) is 77.7 Å². The van der Waals surface area contributed by atoms with Crippen molar-refractivity contribution in [2.24, 2.45) is 0 Å². The van der Waals surface area contributed by atoms with Gasteiger partial charge in [0.05, 0.1) is 11.1 Å². The molecule has 0 atom stereocenters. The smallest absolute Gasteiger partial charge is 0.280 e. The molecule has 0 unspecified atom stereocenters. The Balaban J connectivity index is 1.68. The third kappa shape index (κ3) is 3.69. The van der Waals surface area contributed by atoms with Gasteiger partial charge in [0.1, 0.15) is 6.54 Å². The van der Waals surface area contributed by atoms with Crippen molar-refractivity contribution in [3.8, 4) is 5.69 Å². The van der Waals surface area contributed by atoms with Gasteiger partial charge in [-0.3, -0.25) is 14.3 Å². The zero-order valence-electron chi connectivity index (χ0n) is 16.4. The molecule has 2 aromatic carbocycles. The Bertz CT molecular complexity index is 1210. The quantitative estimate of drug-likeness (QED) is 0.565. The number of pyridine rings is 1. The van der Waals surface area contributed by atoms with E-state index in [2.05, 4.69) is 24.1 Å². The third-order valence-corrected chi connectivity index (χ3v) is 4.85. The summed E-state index contributed by atoms with van der Waals surface area (Å²) in [4.78, 5) is 30.1. The van der Waals surface area contributed by atoms with Crippen molar-refractivity contribution < 1.29 is 4.79 Å². The molecule has 2 aromatic heterocycles. The monoisotopic (exact) mass is 386 g/mol. The molecular weight excluding hydrogens is 364 g/mol. The summed E-state index contributed by atoms with van der Waals surface area (Å²) < 4.78 is 3.12. The van der Waals surface area contributed by atoms with Crippen LogP contribution >= 0.6 is 0 Å². The fourth-order valence-corrected chi connectivity index (χ4v) is 3.35. The van der Waals surface area contributed by atoms with Gasteiger partial charge in [-0.25, -0.2) is 9.67 Å². The lowest BCUT2D eigenvalue weighted by Crippen LogP contribution is -2.27. The maximum atomic E-state index is 13.0. The molecule has 0 radical (unpaired) electrons. The summed E-state index contributed by atoms with van der Waals surface area (Å²) in [5.41, 5.74) is 2.89. The maximum Gasteiger partial charge on any atom is 0.280 e. The van der Waals surface area contributed by atoms with E-state index in [0.29, 0.717) is 22.6 Å². The molecule has 4 rings (SSSR count). The van der Waals surface area contributed by atoms with Crippen LogP contribution < -0.4 is 10.9 Å². The first-order chi connectivity index (χ1) is 14.0. The molecule has 0 aliphatic carbocycles. The fraction of sp³-hybridized carbons (Fsp3) is 0.174. The largest absolute Gasteiger partial charge is 0.324 e. The predicted octanol–water partition coefficient (Wildman–Crippen LogP) is 3.95. The number of fused-ring (bicyclic) bond motifs is 1. The van der Waals surface area contributed by atoms with Gasteiger partial charge in [-0.1, -0.05) is 44.2 Å². The van der Waals surface area contributed by atoms with Gasteiger partial charge in [0.15, 0.2) is 5.65 Å². The molecule has 4 aromatic rings. The number of benzene rings is 2. The highest BCUT2D eigenvalue weighted by atomic mass is 16.2. The Kier molecular flexibility index (Phi) is 4.99. The normalized spacial score (nSPS) is 11.1. The topological polar surface area (TPSA) is 68.9 Å². The maximum absolute atomic E-state index is 13.0. The van der Waals surface area contributed by atoms with Crippen LogP contribution in [0.25, 0.3) is 16.7 Å². The van der Waals surface area contributed by atoms with E-state index in [0.717, 1.165) is 5.69 Å². The molecule has 1 N–H and O–H groups in total. The number of anilines is 1. The number of hydrogen-bond donors (Lipinski definition) is 1. The second-order valence-corrected chi connectivity index (χ2v) is 7.21. The van der Waals surface area contributed by atoms with Crippen LogP contribution in [-0.4, -0.2) is 20.3 Å². The molecule has 2 heterocycles. The van der Waals surface area contributed by atoms with Crippen LogP contribution in [0, 0.1) is 0 Å². The molecular formula is C23H22N4O2. The molecule has 0 aliphatic rings. The van der Waals surface area contributed by atoms with Crippen molar-refractivity contribution in [3.05, 3.63) is 88.8 Å². The molecule has 0 aliphatic heterocycles. The third-order valence-electron chi connectivity index (χ3n) is 4.85. The predicted molar refractivity (Wildman–Crippen MR) is 114 cm³/mol. The van der Waals surface area contributed by atoms with Crippen molar-refractivity contribution in [2.45, 2.75) is 26.3 Å². The van der Waals surface area contributed by atoms with Crippen LogP contribution in [0.2, 0.25) is 0 Å². The standard InChI is InChI=1S/C23H22N4O2/c1-16(2)17-10-12-18(13-11-17)25-21(28)15-26-22-20(9-6-14-24-22)23(29)27(26)19-7-4-3-5-8-19/h3-14,16H,15H2,1-2H3,(H,25,28). The Hall–Kier alpha value is -3.67. The lowest BCUT2D eigenvalue weighted by atomic mass is 10.0. The van der Waals surface area contributed by atoms with Gasteiger partial charge in [0, 0.05) is 11.9 Å². The van der Waals surface area contributed by atoms with E-state index in [1.165, 1.54) is 10.2 Å². The molecule has 0 bridgehead atoms. The minimum absolute atomic E-state index is 0.0312. The summed E-state index contributed by atoms with van der Waals surface area (Å²) in [6.45, 7) is 4.22. The lowest BCUT2D eigenvalue weighted by molar-refractivity contribution is -0.116. The molecule has 146 valence electrons. The summed E-state index contributed by atoms with van der Waals surface area (Å²) in [5.74, 6) is 0.201. The van der Waals surface area contributed by atoms with Gasteiger partial charge >= 0.3 is 0 Å². The Morgan fingerprint density at radius 1 is 1.00 bits per heavy atom. The molecule has 0 saturated heterocycles. The summed E-state index contributed by atoms with van der Waals surface area (Å²) in [6.07, 6.45) is 1.62. The van der Waals surface area contributed by atoms with Gasteiger partial charge in [0.2, 0.25) is 5.91 Å². The second kappa shape index (κ2) is 7.75. The number of rotatable bonds is 5. The number of amides is 1. The van der Waals surface area contributed by atoms with Crippen LogP contribution in [0.1, 0.15) is 25.3 Å². The van der Waals surface area contributed by atoms with Gasteiger partial charge in [-0.15, -0.1) is 0 Å². The van der Waals surface area contributed by atoms with Crippen LogP contribution in [-0.2, 0) is 11.3 Å². The molecule has 6 heteroatoms. The zero-order valence-corrected chi connectivity index (χ0v) is 16.4. The summed E-state index contributed by atoms with van der Waals surface area (Å²) >= 11 is 0. The van der Waals surface area contributed by atoms with E-state index in [-0.39, 0.29) is 18.0 Å². The number of carbonyl (C=O) groups excluding carboxylic acids is 1. The second-order valence-electron chi connectivity index (χ2n) is 7.21. The van der Waals surface area contributed by atoms with Crippen LogP contribution in [0.3, 0.4) is 0 Å². The van der Waals surface area contributed by atoms with E-state index < -0.39 is 0 Å². The van der Waals surface area contributed by atoms with Crippen molar-refractivity contribution >= 4 is 22.6 Å². The molecule has 0 fully saturated rings. The zero-order chi connectivity index (χ0) is 20.4. The van der Waals surface area contributed by atoms with E-state index in [9.17, 15) is 9.59 Å². The van der Waals surface area contributed by atoms with Gasteiger partial charge in [0.25, 0.3) is 5.56 Å². The molecule has 29 heavy (non-hydrogen) atoms. The van der Waals surface area contributed by atoms with Crippen LogP contribution in [0.4, 0.5) is 5.69 Å². The van der Waals surface area contributed by atoms with E-state index >= 15 is 0 Å². The van der Waals surface area contributed by atoms with E-state index in [1.807, 2.05) is 54.6 Å². The lowest BCUT2D eigenvalue weighted by Gasteiger charge is -2.13. The number of para-hydroxylation sites is 1. The van der Waals surface area contributed by atoms with Gasteiger partial charge in [-0.2, -0.15) is 0 Å². The number of nitrogens with one attached hydrogen (secondary N) is 1. The van der Waals surface area contributed by atoms with E-state index in [4.69, 9.17) is 0 Å². The van der Waals surface area contributed by atoms with E-state index in [1.54, 1.807) is 23.0 Å². The number of hydrogen-bond acceptors (Lipinski definition) is 3. The molecule has 6 nitrogen and oxygen atoms in total. The number of carbonyl (C=O) groups is 1. The Morgan fingerprint density at radius 2 is 1.72 bits per heavy atom. The molecule has 0 saturated carbocycles. The molecule has 0 spiro atoms. The van der Waals surface area contributed by atoms with Crippen molar-refractivity contribution in [1.82, 2.24) is 14.3 Å². The number of aromatic nitrogens is 3. The first-order valence-electron chi connectivity index (χ1n) is 9.56. The van der Waals surface area contributed by atoms with Crippen molar-refractivity contribution in [1.29, 1.82) is 0 Å². The Labute approximate surface area is 168 Å². The van der Waals surface area contributed by atoms with Gasteiger partial charge < -0.3 is 5.32 Å². The van der Waals surface area contributed by atoms with Crippen LogP contribution in [0.5, 0.6) is 0 Å².